The molecule has 3 N–H and O–H groups in total. The number of halogens is 1. The van der Waals surface area contributed by atoms with Gasteiger partial charge in [0, 0.05) is 19.4 Å². The van der Waals surface area contributed by atoms with E-state index < -0.39 is 24.7 Å². The Bertz CT molecular complexity index is 477. The smallest absolute Gasteiger partial charge is 0.320 e. The molecule has 1 aromatic rings. The SMILES string of the molecule is O=C(O)CC[C@@H](NCc1ccc(OCCCF)cc1)C(=O)O. The summed E-state index contributed by atoms with van der Waals surface area (Å²) in [5, 5.41) is 20.4. The average Bonchev–Trinajstić information content (AvgIpc) is 2.48. The molecular formula is C15H20FNO5. The molecule has 0 amide bonds. The van der Waals surface area contributed by atoms with Crippen LogP contribution in [0.15, 0.2) is 24.3 Å². The summed E-state index contributed by atoms with van der Waals surface area (Å²) >= 11 is 0. The van der Waals surface area contributed by atoms with Gasteiger partial charge in [0.15, 0.2) is 0 Å². The Morgan fingerprint density at radius 2 is 1.91 bits per heavy atom. The Balaban J connectivity index is 2.44. The van der Waals surface area contributed by atoms with E-state index in [9.17, 15) is 14.0 Å². The molecule has 0 aliphatic carbocycles. The monoisotopic (exact) mass is 313 g/mol. The first-order chi connectivity index (χ1) is 10.5. The first-order valence-corrected chi connectivity index (χ1v) is 6.98. The lowest BCUT2D eigenvalue weighted by Crippen LogP contribution is -2.36. The minimum Gasteiger partial charge on any atom is -0.494 e. The third-order valence-corrected chi connectivity index (χ3v) is 2.97. The number of nitrogens with one attached hydrogen (secondary N) is 1. The topological polar surface area (TPSA) is 95.9 Å². The predicted molar refractivity (Wildman–Crippen MR) is 77.7 cm³/mol. The minimum absolute atomic E-state index is 0.0229. The van der Waals surface area contributed by atoms with Crippen molar-refractivity contribution < 1.29 is 28.9 Å². The van der Waals surface area contributed by atoms with Crippen molar-refractivity contribution in [1.29, 1.82) is 0 Å². The molecule has 0 saturated carbocycles. The van der Waals surface area contributed by atoms with E-state index in [1.165, 1.54) is 0 Å². The Labute approximate surface area is 127 Å². The van der Waals surface area contributed by atoms with E-state index in [0.29, 0.717) is 25.3 Å². The van der Waals surface area contributed by atoms with Gasteiger partial charge in [-0.1, -0.05) is 12.1 Å². The summed E-state index contributed by atoms with van der Waals surface area (Å²) in [7, 11) is 0. The van der Waals surface area contributed by atoms with Crippen LogP contribution in [0.2, 0.25) is 0 Å². The largest absolute Gasteiger partial charge is 0.494 e. The highest BCUT2D eigenvalue weighted by atomic mass is 19.1. The first kappa shape index (κ1) is 17.9. The molecule has 0 bridgehead atoms. The van der Waals surface area contributed by atoms with Crippen LogP contribution < -0.4 is 10.1 Å². The van der Waals surface area contributed by atoms with Crippen molar-refractivity contribution in [1.82, 2.24) is 5.32 Å². The predicted octanol–water partition coefficient (Wildman–Crippen LogP) is 1.83. The van der Waals surface area contributed by atoms with Crippen LogP contribution in [0.1, 0.15) is 24.8 Å². The molecule has 1 atom stereocenters. The summed E-state index contributed by atoms with van der Waals surface area (Å²) in [5.41, 5.74) is 0.847. The third kappa shape index (κ3) is 7.03. The Hall–Kier alpha value is -2.15. The summed E-state index contributed by atoms with van der Waals surface area (Å²) in [4.78, 5) is 21.5. The number of alkyl halides is 1. The van der Waals surface area contributed by atoms with Crippen molar-refractivity contribution in [2.45, 2.75) is 31.8 Å². The summed E-state index contributed by atoms with van der Waals surface area (Å²) < 4.78 is 17.3. The number of hydrogen-bond acceptors (Lipinski definition) is 4. The van der Waals surface area contributed by atoms with E-state index in [4.69, 9.17) is 14.9 Å². The highest BCUT2D eigenvalue weighted by molar-refractivity contribution is 5.75. The number of ether oxygens (including phenoxy) is 1. The molecular weight excluding hydrogens is 293 g/mol. The fraction of sp³-hybridized carbons (Fsp3) is 0.467. The summed E-state index contributed by atoms with van der Waals surface area (Å²) in [6.45, 7) is 0.195. The Kier molecular flexibility index (Phi) is 7.91. The molecule has 0 aliphatic rings. The highest BCUT2D eigenvalue weighted by Gasteiger charge is 2.17. The second-order valence-electron chi connectivity index (χ2n) is 4.74. The lowest BCUT2D eigenvalue weighted by Gasteiger charge is -2.13. The van der Waals surface area contributed by atoms with Gasteiger partial charge >= 0.3 is 11.9 Å². The molecule has 0 unspecified atom stereocenters. The molecule has 1 aromatic carbocycles. The maximum absolute atomic E-state index is 11.9. The van der Waals surface area contributed by atoms with Gasteiger partial charge in [0.2, 0.25) is 0 Å². The van der Waals surface area contributed by atoms with E-state index in [-0.39, 0.29) is 12.8 Å². The van der Waals surface area contributed by atoms with Crippen molar-refractivity contribution in [3.8, 4) is 5.75 Å². The van der Waals surface area contributed by atoms with Gasteiger partial charge in [0.05, 0.1) is 13.3 Å². The van der Waals surface area contributed by atoms with Crippen LogP contribution in [0.25, 0.3) is 0 Å². The minimum atomic E-state index is -1.08. The van der Waals surface area contributed by atoms with E-state index in [2.05, 4.69) is 5.32 Å². The molecule has 0 fully saturated rings. The average molecular weight is 313 g/mol. The summed E-state index contributed by atoms with van der Waals surface area (Å²) in [6.07, 6.45) is 0.160. The maximum Gasteiger partial charge on any atom is 0.320 e. The number of aliphatic carboxylic acids is 2. The van der Waals surface area contributed by atoms with Crippen LogP contribution >= 0.6 is 0 Å². The third-order valence-electron chi connectivity index (χ3n) is 2.97. The summed E-state index contributed by atoms with van der Waals surface area (Å²) in [5.74, 6) is -1.48. The van der Waals surface area contributed by atoms with Crippen LogP contribution in [0.4, 0.5) is 4.39 Å². The molecule has 0 aliphatic heterocycles. The number of hydrogen-bond donors (Lipinski definition) is 3. The first-order valence-electron chi connectivity index (χ1n) is 6.98. The Morgan fingerprint density at radius 3 is 2.45 bits per heavy atom. The lowest BCUT2D eigenvalue weighted by molar-refractivity contribution is -0.140. The Morgan fingerprint density at radius 1 is 1.23 bits per heavy atom. The van der Waals surface area contributed by atoms with Gasteiger partial charge in [0.25, 0.3) is 0 Å². The fourth-order valence-corrected chi connectivity index (χ4v) is 1.77. The standard InChI is InChI=1S/C15H20FNO5/c16-8-1-9-22-12-4-2-11(3-5-12)10-17-13(15(20)21)6-7-14(18)19/h2-5,13,17H,1,6-10H2,(H,18,19)(H,20,21)/t13-/m1/s1. The van der Waals surface area contributed by atoms with Crippen molar-refractivity contribution in [2.75, 3.05) is 13.3 Å². The molecule has 22 heavy (non-hydrogen) atoms. The number of carboxylic acids is 2. The van der Waals surface area contributed by atoms with Gasteiger partial charge in [-0.15, -0.1) is 0 Å². The molecule has 0 radical (unpaired) electrons. The van der Waals surface area contributed by atoms with Gasteiger partial charge in [-0.25, -0.2) is 0 Å². The van der Waals surface area contributed by atoms with E-state index in [1.807, 2.05) is 0 Å². The number of benzene rings is 1. The van der Waals surface area contributed by atoms with Crippen LogP contribution in [0.5, 0.6) is 5.75 Å². The van der Waals surface area contributed by atoms with Crippen LogP contribution in [0.3, 0.4) is 0 Å². The second-order valence-corrected chi connectivity index (χ2v) is 4.74. The lowest BCUT2D eigenvalue weighted by atomic mass is 10.1. The van der Waals surface area contributed by atoms with Crippen molar-refractivity contribution in [3.05, 3.63) is 29.8 Å². The zero-order valence-corrected chi connectivity index (χ0v) is 12.1. The highest BCUT2D eigenvalue weighted by Crippen LogP contribution is 2.13. The fourth-order valence-electron chi connectivity index (χ4n) is 1.77. The molecule has 1 rings (SSSR count). The van der Waals surface area contributed by atoms with Crippen LogP contribution in [-0.4, -0.2) is 41.5 Å². The number of rotatable bonds is 11. The number of carbonyl (C=O) groups is 2. The molecule has 6 nitrogen and oxygen atoms in total. The van der Waals surface area contributed by atoms with Crippen molar-refractivity contribution >= 4 is 11.9 Å². The van der Waals surface area contributed by atoms with Gasteiger partial charge in [-0.3, -0.25) is 14.0 Å². The zero-order valence-electron chi connectivity index (χ0n) is 12.1. The van der Waals surface area contributed by atoms with Crippen LogP contribution in [-0.2, 0) is 16.1 Å². The molecule has 0 spiro atoms. The summed E-state index contributed by atoms with van der Waals surface area (Å²) in [6, 6.07) is 6.09. The van der Waals surface area contributed by atoms with Gasteiger partial charge in [0.1, 0.15) is 11.8 Å². The number of carboxylic acid groups (broad SMARTS) is 2. The van der Waals surface area contributed by atoms with Crippen LogP contribution in [0, 0.1) is 0 Å². The van der Waals surface area contributed by atoms with Gasteiger partial charge in [-0.2, -0.15) is 0 Å². The quantitative estimate of drug-likeness (QED) is 0.539. The molecule has 0 aromatic heterocycles. The van der Waals surface area contributed by atoms with E-state index >= 15 is 0 Å². The zero-order chi connectivity index (χ0) is 16.4. The van der Waals surface area contributed by atoms with E-state index in [0.717, 1.165) is 5.56 Å². The molecule has 122 valence electrons. The molecule has 0 heterocycles. The van der Waals surface area contributed by atoms with Gasteiger partial charge < -0.3 is 20.3 Å². The molecule has 7 heteroatoms. The molecule has 0 saturated heterocycles. The van der Waals surface area contributed by atoms with Gasteiger partial charge in [-0.05, 0) is 24.1 Å². The normalized spacial score (nSPS) is 11.9. The van der Waals surface area contributed by atoms with E-state index in [1.54, 1.807) is 24.3 Å². The maximum atomic E-state index is 11.9. The van der Waals surface area contributed by atoms with Crippen molar-refractivity contribution in [2.24, 2.45) is 0 Å². The second kappa shape index (κ2) is 9.73. The van der Waals surface area contributed by atoms with Crippen molar-refractivity contribution in [3.63, 3.8) is 0 Å².